The van der Waals surface area contributed by atoms with Gasteiger partial charge in [0.1, 0.15) is 0 Å². The minimum atomic E-state index is -4.01. The van der Waals surface area contributed by atoms with Crippen LogP contribution in [0.2, 0.25) is 0 Å². The first-order chi connectivity index (χ1) is 16.8. The molecule has 0 aromatic rings. The van der Waals surface area contributed by atoms with Crippen molar-refractivity contribution >= 4 is 16.0 Å². The lowest BCUT2D eigenvalue weighted by Gasteiger charge is -2.60. The lowest BCUT2D eigenvalue weighted by atomic mass is 9.46. The lowest BCUT2D eigenvalue weighted by molar-refractivity contribution is -0.188. The lowest BCUT2D eigenvalue weighted by Crippen LogP contribution is -2.60. The number of carbonyl (C=O) groups excluding carboxylic acids is 1. The van der Waals surface area contributed by atoms with Gasteiger partial charge in [0.15, 0.2) is 0 Å². The van der Waals surface area contributed by atoms with Crippen molar-refractivity contribution in [1.82, 2.24) is 5.32 Å². The van der Waals surface area contributed by atoms with Gasteiger partial charge in [-0.25, -0.2) is 0 Å². The second-order valence-corrected chi connectivity index (χ2v) is 14.5. The summed E-state index contributed by atoms with van der Waals surface area (Å²) in [5, 5.41) is 36.0. The number of nitrogens with one attached hydrogen (secondary N) is 1. The molecule has 0 radical (unpaired) electrons. The Bertz CT molecular complexity index is 897. The van der Waals surface area contributed by atoms with Crippen molar-refractivity contribution in [2.24, 2.45) is 52.8 Å². The third-order valence-corrected chi connectivity index (χ3v) is 11.7. The Balaban J connectivity index is 1.38. The van der Waals surface area contributed by atoms with Gasteiger partial charge in [-0.05, 0) is 104 Å². The van der Waals surface area contributed by atoms with E-state index in [1.165, 1.54) is 0 Å². The van der Waals surface area contributed by atoms with Gasteiger partial charge in [-0.2, -0.15) is 8.42 Å². The molecule has 4 aliphatic rings. The second-order valence-electron chi connectivity index (χ2n) is 12.9. The van der Waals surface area contributed by atoms with E-state index in [0.717, 1.165) is 32.1 Å². The van der Waals surface area contributed by atoms with Gasteiger partial charge < -0.3 is 20.6 Å². The number of amides is 1. The first kappa shape index (κ1) is 28.3. The summed E-state index contributed by atoms with van der Waals surface area (Å²) in [6.45, 7) is 6.84. The van der Waals surface area contributed by atoms with Gasteiger partial charge >= 0.3 is 0 Å². The molecule has 1 amide bonds. The van der Waals surface area contributed by atoms with E-state index in [9.17, 15) is 28.5 Å². The molecular weight excluding hydrogens is 482 g/mol. The number of rotatable bonds is 8. The van der Waals surface area contributed by atoms with Gasteiger partial charge in [0.05, 0.1) is 24.1 Å². The van der Waals surface area contributed by atoms with E-state index in [4.69, 9.17) is 4.55 Å². The highest BCUT2D eigenvalue weighted by Gasteiger charge is 2.63. The van der Waals surface area contributed by atoms with Crippen molar-refractivity contribution in [3.8, 4) is 0 Å². The predicted octanol–water partition coefficient (Wildman–Crippen LogP) is 2.61. The average molecular weight is 530 g/mol. The molecule has 8 nitrogen and oxygen atoms in total. The molecule has 208 valence electrons. The van der Waals surface area contributed by atoms with Crippen LogP contribution in [0.25, 0.3) is 0 Å². The number of hydrogen-bond donors (Lipinski definition) is 5. The fourth-order valence-electron chi connectivity index (χ4n) is 9.47. The van der Waals surface area contributed by atoms with Crippen molar-refractivity contribution < 1.29 is 33.1 Å². The van der Waals surface area contributed by atoms with Crippen LogP contribution in [0.1, 0.15) is 78.6 Å². The zero-order valence-electron chi connectivity index (χ0n) is 22.1. The number of carbonyl (C=O) groups is 1. The third kappa shape index (κ3) is 5.51. The van der Waals surface area contributed by atoms with Crippen LogP contribution >= 0.6 is 0 Å². The van der Waals surface area contributed by atoms with E-state index >= 15 is 0 Å². The van der Waals surface area contributed by atoms with E-state index in [1.54, 1.807) is 0 Å². The molecule has 0 bridgehead atoms. The Morgan fingerprint density at radius 3 is 2.50 bits per heavy atom. The summed E-state index contributed by atoms with van der Waals surface area (Å²) in [6, 6.07) is 0. The van der Waals surface area contributed by atoms with Crippen molar-refractivity contribution in [3.05, 3.63) is 0 Å². The van der Waals surface area contributed by atoms with Gasteiger partial charge in [0, 0.05) is 13.0 Å². The molecule has 4 fully saturated rings. The fraction of sp³-hybridized carbons (Fsp3) is 0.963. The van der Waals surface area contributed by atoms with Crippen LogP contribution < -0.4 is 5.32 Å². The SMILES string of the molecule is C[C@@H]1C[C@@H](O)C[C@H]2C[C@@H](O)[C@@H]3[C@H](C[C@H](O)[C@]4(C)C([C@H](C)CCC(=O)NCCCS(=O)(=O)O)CC[C@@H]34)C21. The van der Waals surface area contributed by atoms with Crippen LogP contribution in [0.5, 0.6) is 0 Å². The van der Waals surface area contributed by atoms with Gasteiger partial charge in [0.25, 0.3) is 10.1 Å². The standard InChI is InChI=1S/C27H47NO7S/c1-15(5-8-24(32)28-9-4-10-36(33,34)35)20-6-7-21-26-19(14-23(31)27(20,21)3)25-16(2)11-18(29)12-17(25)13-22(26)30/h15-23,25-26,29-31H,4-14H2,1-3H3,(H,28,32)(H,33,34,35)/t15-,16-,17+,18-,19-,20?,21+,22-,23+,25?,26-,27-/m1/s1. The molecule has 0 heterocycles. The fourth-order valence-corrected chi connectivity index (χ4v) is 9.98. The number of aliphatic hydroxyl groups is 3. The summed E-state index contributed by atoms with van der Waals surface area (Å²) in [5.74, 6) is 2.00. The molecule has 0 aromatic carbocycles. The third-order valence-electron chi connectivity index (χ3n) is 10.9. The number of hydrogen-bond acceptors (Lipinski definition) is 6. The molecule has 4 saturated carbocycles. The Morgan fingerprint density at radius 1 is 1.08 bits per heavy atom. The topological polar surface area (TPSA) is 144 Å². The molecule has 4 aliphatic carbocycles. The molecule has 9 heteroatoms. The molecule has 12 atom stereocenters. The first-order valence-corrected chi connectivity index (χ1v) is 15.7. The summed E-state index contributed by atoms with van der Waals surface area (Å²) in [4.78, 5) is 12.3. The minimum absolute atomic E-state index is 0.122. The maximum absolute atomic E-state index is 12.3. The highest BCUT2D eigenvalue weighted by Crippen LogP contribution is 2.66. The molecule has 5 N–H and O–H groups in total. The zero-order valence-corrected chi connectivity index (χ0v) is 22.9. The van der Waals surface area contributed by atoms with E-state index in [-0.39, 0.29) is 65.9 Å². The largest absolute Gasteiger partial charge is 0.393 e. The van der Waals surface area contributed by atoms with Gasteiger partial charge in [-0.3, -0.25) is 9.35 Å². The molecule has 36 heavy (non-hydrogen) atoms. The van der Waals surface area contributed by atoms with E-state index in [0.29, 0.717) is 42.9 Å². The summed E-state index contributed by atoms with van der Waals surface area (Å²) in [6.07, 6.45) is 5.18. The highest BCUT2D eigenvalue weighted by molar-refractivity contribution is 7.85. The molecule has 2 unspecified atom stereocenters. The monoisotopic (exact) mass is 529 g/mol. The molecule has 0 spiro atoms. The Labute approximate surface area is 216 Å². The zero-order chi connectivity index (χ0) is 26.4. The molecular formula is C27H47NO7S. The van der Waals surface area contributed by atoms with E-state index in [2.05, 4.69) is 26.1 Å². The van der Waals surface area contributed by atoms with Gasteiger partial charge in [-0.1, -0.05) is 20.8 Å². The summed E-state index contributed by atoms with van der Waals surface area (Å²) in [5.41, 5.74) is -0.280. The maximum Gasteiger partial charge on any atom is 0.264 e. The Kier molecular flexibility index (Phi) is 8.48. The van der Waals surface area contributed by atoms with E-state index in [1.807, 2.05) is 0 Å². The molecule has 0 aliphatic heterocycles. The Hall–Kier alpha value is -0.740. The van der Waals surface area contributed by atoms with Crippen LogP contribution in [0, 0.1) is 52.8 Å². The molecule has 4 rings (SSSR count). The van der Waals surface area contributed by atoms with Crippen molar-refractivity contribution in [1.29, 1.82) is 0 Å². The van der Waals surface area contributed by atoms with Crippen molar-refractivity contribution in [2.45, 2.75) is 96.9 Å². The first-order valence-electron chi connectivity index (χ1n) is 14.1. The summed E-state index contributed by atoms with van der Waals surface area (Å²) < 4.78 is 30.4. The smallest absolute Gasteiger partial charge is 0.264 e. The van der Waals surface area contributed by atoms with Crippen LogP contribution in [-0.4, -0.2) is 64.8 Å². The van der Waals surface area contributed by atoms with E-state index < -0.39 is 16.2 Å². The molecule has 0 aromatic heterocycles. The van der Waals surface area contributed by atoms with Crippen LogP contribution in [0.3, 0.4) is 0 Å². The normalized spacial score (nSPS) is 45.3. The average Bonchev–Trinajstić information content (AvgIpc) is 3.12. The number of aliphatic hydroxyl groups excluding tert-OH is 3. The van der Waals surface area contributed by atoms with Crippen molar-refractivity contribution in [2.75, 3.05) is 12.3 Å². The molecule has 0 saturated heterocycles. The Morgan fingerprint density at radius 2 is 1.81 bits per heavy atom. The van der Waals surface area contributed by atoms with Crippen LogP contribution in [0.15, 0.2) is 0 Å². The summed E-state index contributed by atoms with van der Waals surface area (Å²) >= 11 is 0. The quantitative estimate of drug-likeness (QED) is 0.240. The van der Waals surface area contributed by atoms with Crippen LogP contribution in [-0.2, 0) is 14.9 Å². The maximum atomic E-state index is 12.3. The second kappa shape index (κ2) is 10.8. The van der Waals surface area contributed by atoms with Crippen LogP contribution in [0.4, 0.5) is 0 Å². The predicted molar refractivity (Wildman–Crippen MR) is 136 cm³/mol. The summed E-state index contributed by atoms with van der Waals surface area (Å²) in [7, 11) is -4.01. The minimum Gasteiger partial charge on any atom is -0.393 e. The van der Waals surface area contributed by atoms with Gasteiger partial charge in [-0.15, -0.1) is 0 Å². The number of fused-ring (bicyclic) bond motifs is 5. The highest BCUT2D eigenvalue weighted by atomic mass is 32.2. The van der Waals surface area contributed by atoms with Gasteiger partial charge in [0.2, 0.25) is 5.91 Å². The van der Waals surface area contributed by atoms with Crippen molar-refractivity contribution in [3.63, 3.8) is 0 Å².